The van der Waals surface area contributed by atoms with Crippen LogP contribution in [0.3, 0.4) is 0 Å². The third kappa shape index (κ3) is 3.46. The molecule has 1 fully saturated rings. The molecule has 0 saturated heterocycles. The number of hydrogen-bond acceptors (Lipinski definition) is 2. The third-order valence-electron chi connectivity index (χ3n) is 3.47. The van der Waals surface area contributed by atoms with Crippen molar-refractivity contribution in [3.8, 4) is 0 Å². The molecule has 0 radical (unpaired) electrons. The average Bonchev–Trinajstić information content (AvgIpc) is 3.35. The lowest BCUT2D eigenvalue weighted by Gasteiger charge is -2.10. The molecule has 0 unspecified atom stereocenters. The first kappa shape index (κ1) is 14.6. The summed E-state index contributed by atoms with van der Waals surface area (Å²) in [5.41, 5.74) is 1.71. The van der Waals surface area contributed by atoms with Crippen LogP contribution in [0.2, 0.25) is 5.02 Å². The van der Waals surface area contributed by atoms with Crippen LogP contribution in [0.25, 0.3) is 0 Å². The lowest BCUT2D eigenvalue weighted by atomic mass is 10.2. The fourth-order valence-corrected chi connectivity index (χ4v) is 2.30. The summed E-state index contributed by atoms with van der Waals surface area (Å²) in [6.45, 7) is 0. The smallest absolute Gasteiger partial charge is 0.255 e. The monoisotopic (exact) mass is 314 g/mol. The largest absolute Gasteiger partial charge is 0.326 e. The fraction of sp³-hybridized carbons (Fsp3) is 0.176. The summed E-state index contributed by atoms with van der Waals surface area (Å²) in [5.74, 6) is -0.0642. The van der Waals surface area contributed by atoms with Gasteiger partial charge in [-0.15, -0.1) is 0 Å². The number of rotatable bonds is 4. The molecule has 3 rings (SSSR count). The van der Waals surface area contributed by atoms with E-state index in [4.69, 9.17) is 11.6 Å². The standard InChI is InChI=1S/C17H15ClN2O2/c18-14-10-13(19-16(21)12-6-7-12)8-9-15(14)20-17(22)11-4-2-1-3-5-11/h1-5,8-10,12H,6-7H2,(H,19,21)(H,20,22). The summed E-state index contributed by atoms with van der Waals surface area (Å²) in [7, 11) is 0. The van der Waals surface area contributed by atoms with E-state index in [1.165, 1.54) is 0 Å². The van der Waals surface area contributed by atoms with Crippen LogP contribution in [0.1, 0.15) is 23.2 Å². The first-order valence-corrected chi connectivity index (χ1v) is 7.48. The Morgan fingerprint density at radius 3 is 2.36 bits per heavy atom. The van der Waals surface area contributed by atoms with Gasteiger partial charge in [-0.3, -0.25) is 9.59 Å². The minimum absolute atomic E-state index is 0.0251. The quantitative estimate of drug-likeness (QED) is 0.898. The predicted octanol–water partition coefficient (Wildman–Crippen LogP) is 3.94. The predicted molar refractivity (Wildman–Crippen MR) is 87.2 cm³/mol. The van der Waals surface area contributed by atoms with E-state index in [9.17, 15) is 9.59 Å². The van der Waals surface area contributed by atoms with Gasteiger partial charge in [0, 0.05) is 17.2 Å². The number of benzene rings is 2. The van der Waals surface area contributed by atoms with E-state index in [0.29, 0.717) is 22.0 Å². The summed E-state index contributed by atoms with van der Waals surface area (Å²) in [5, 5.41) is 5.97. The average molecular weight is 315 g/mol. The number of hydrogen-bond donors (Lipinski definition) is 2. The SMILES string of the molecule is O=C(Nc1ccc(NC(=O)C2CC2)cc1Cl)c1ccccc1. The van der Waals surface area contributed by atoms with E-state index in [0.717, 1.165) is 12.8 Å². The van der Waals surface area contributed by atoms with Crippen molar-refractivity contribution in [3.63, 3.8) is 0 Å². The molecule has 112 valence electrons. The van der Waals surface area contributed by atoms with Crippen LogP contribution in [0, 0.1) is 5.92 Å². The Balaban J connectivity index is 1.69. The van der Waals surface area contributed by atoms with Crippen LogP contribution in [0.15, 0.2) is 48.5 Å². The molecule has 0 bridgehead atoms. The van der Waals surface area contributed by atoms with Gasteiger partial charge in [-0.1, -0.05) is 29.8 Å². The van der Waals surface area contributed by atoms with Crippen LogP contribution in [0.5, 0.6) is 0 Å². The first-order chi connectivity index (χ1) is 10.6. The summed E-state index contributed by atoms with van der Waals surface area (Å²) in [6.07, 6.45) is 1.90. The maximum atomic E-state index is 12.1. The number of anilines is 2. The molecule has 5 heteroatoms. The van der Waals surface area contributed by atoms with Crippen molar-refractivity contribution in [2.24, 2.45) is 5.92 Å². The number of amides is 2. The number of carbonyl (C=O) groups excluding carboxylic acids is 2. The highest BCUT2D eigenvalue weighted by atomic mass is 35.5. The second-order valence-electron chi connectivity index (χ2n) is 5.28. The highest BCUT2D eigenvalue weighted by molar-refractivity contribution is 6.34. The normalized spacial score (nSPS) is 13.5. The van der Waals surface area contributed by atoms with E-state index in [1.54, 1.807) is 42.5 Å². The topological polar surface area (TPSA) is 58.2 Å². The fourth-order valence-electron chi connectivity index (χ4n) is 2.07. The number of nitrogens with one attached hydrogen (secondary N) is 2. The lowest BCUT2D eigenvalue weighted by Crippen LogP contribution is -2.14. The van der Waals surface area contributed by atoms with E-state index >= 15 is 0 Å². The Labute approximate surface area is 133 Å². The van der Waals surface area contributed by atoms with Crippen LogP contribution in [0.4, 0.5) is 11.4 Å². The summed E-state index contributed by atoms with van der Waals surface area (Å²) >= 11 is 6.17. The summed E-state index contributed by atoms with van der Waals surface area (Å²) in [4.78, 5) is 23.8. The minimum Gasteiger partial charge on any atom is -0.326 e. The number of carbonyl (C=O) groups is 2. The molecule has 0 atom stereocenters. The van der Waals surface area contributed by atoms with Gasteiger partial charge in [0.15, 0.2) is 0 Å². The molecule has 0 aromatic heterocycles. The van der Waals surface area contributed by atoms with Crippen molar-refractivity contribution in [2.45, 2.75) is 12.8 Å². The van der Waals surface area contributed by atoms with Gasteiger partial charge in [-0.05, 0) is 43.2 Å². The molecule has 0 heterocycles. The van der Waals surface area contributed by atoms with E-state index in [2.05, 4.69) is 10.6 Å². The maximum Gasteiger partial charge on any atom is 0.255 e. The van der Waals surface area contributed by atoms with Gasteiger partial charge in [0.1, 0.15) is 0 Å². The molecule has 2 N–H and O–H groups in total. The molecular formula is C17H15ClN2O2. The van der Waals surface area contributed by atoms with Crippen molar-refractivity contribution in [1.29, 1.82) is 0 Å². The van der Waals surface area contributed by atoms with Crippen molar-refractivity contribution in [3.05, 3.63) is 59.1 Å². The van der Waals surface area contributed by atoms with Gasteiger partial charge in [0.05, 0.1) is 10.7 Å². The lowest BCUT2D eigenvalue weighted by molar-refractivity contribution is -0.117. The molecule has 1 saturated carbocycles. The molecule has 1 aliphatic rings. The summed E-state index contributed by atoms with van der Waals surface area (Å²) < 4.78 is 0. The Bertz CT molecular complexity index is 712. The first-order valence-electron chi connectivity index (χ1n) is 7.10. The zero-order chi connectivity index (χ0) is 15.5. The molecule has 0 spiro atoms. The zero-order valence-electron chi connectivity index (χ0n) is 11.8. The van der Waals surface area contributed by atoms with Gasteiger partial charge >= 0.3 is 0 Å². The van der Waals surface area contributed by atoms with Crippen molar-refractivity contribution < 1.29 is 9.59 Å². The molecule has 0 aliphatic heterocycles. The van der Waals surface area contributed by atoms with Crippen LogP contribution in [-0.2, 0) is 4.79 Å². The van der Waals surface area contributed by atoms with Gasteiger partial charge < -0.3 is 10.6 Å². The van der Waals surface area contributed by atoms with E-state index in [1.807, 2.05) is 6.07 Å². The van der Waals surface area contributed by atoms with E-state index < -0.39 is 0 Å². The molecule has 2 aromatic rings. The maximum absolute atomic E-state index is 12.1. The van der Waals surface area contributed by atoms with Crippen LogP contribution >= 0.6 is 11.6 Å². The van der Waals surface area contributed by atoms with Gasteiger partial charge in [-0.2, -0.15) is 0 Å². The molecule has 4 nitrogen and oxygen atoms in total. The minimum atomic E-state index is -0.225. The highest BCUT2D eigenvalue weighted by Crippen LogP contribution is 2.31. The van der Waals surface area contributed by atoms with Gasteiger partial charge in [0.25, 0.3) is 5.91 Å². The molecule has 22 heavy (non-hydrogen) atoms. The van der Waals surface area contributed by atoms with E-state index in [-0.39, 0.29) is 17.7 Å². The molecule has 2 amide bonds. The van der Waals surface area contributed by atoms with Crippen molar-refractivity contribution in [1.82, 2.24) is 0 Å². The van der Waals surface area contributed by atoms with Gasteiger partial charge in [0.2, 0.25) is 5.91 Å². The third-order valence-corrected chi connectivity index (χ3v) is 3.78. The second-order valence-corrected chi connectivity index (χ2v) is 5.69. The Morgan fingerprint density at radius 1 is 1.00 bits per heavy atom. The van der Waals surface area contributed by atoms with Gasteiger partial charge in [-0.25, -0.2) is 0 Å². The molecule has 2 aromatic carbocycles. The molecule has 1 aliphatic carbocycles. The van der Waals surface area contributed by atoms with Crippen LogP contribution in [-0.4, -0.2) is 11.8 Å². The zero-order valence-corrected chi connectivity index (χ0v) is 12.6. The van der Waals surface area contributed by atoms with Crippen molar-refractivity contribution >= 4 is 34.8 Å². The Morgan fingerprint density at radius 2 is 1.73 bits per heavy atom. The molecular weight excluding hydrogens is 300 g/mol. The number of halogens is 1. The Hall–Kier alpha value is -2.33. The second kappa shape index (κ2) is 6.20. The highest BCUT2D eigenvalue weighted by Gasteiger charge is 2.29. The summed E-state index contributed by atoms with van der Waals surface area (Å²) in [6, 6.07) is 14.0. The van der Waals surface area contributed by atoms with Crippen molar-refractivity contribution in [2.75, 3.05) is 10.6 Å². The van der Waals surface area contributed by atoms with Crippen LogP contribution < -0.4 is 10.6 Å². The Kier molecular flexibility index (Phi) is 4.11.